The highest BCUT2D eigenvalue weighted by atomic mass is 32.2. The molecule has 3 rings (SSSR count). The standard InChI is InChI=1S/C19H24N2O3S2/c1-21(2)26(23,24)18-11-7-6-9-15(18)13-20-19(22)17-12-14-8-4-3-5-10-16(14)25-17/h6-7,9,11-12H,3-5,8,10,13H2,1-2H3,(H,20,22). The number of thiophene rings is 1. The van der Waals surface area contributed by atoms with Crippen LogP contribution in [0.3, 0.4) is 0 Å². The summed E-state index contributed by atoms with van der Waals surface area (Å²) in [6, 6.07) is 8.79. The number of hydrogen-bond acceptors (Lipinski definition) is 4. The van der Waals surface area contributed by atoms with Crippen LogP contribution in [-0.4, -0.2) is 32.7 Å². The van der Waals surface area contributed by atoms with Crippen molar-refractivity contribution in [3.63, 3.8) is 0 Å². The summed E-state index contributed by atoms with van der Waals surface area (Å²) in [6.45, 7) is 0.185. The predicted octanol–water partition coefficient (Wildman–Crippen LogP) is 3.20. The van der Waals surface area contributed by atoms with Crippen LogP contribution in [0.4, 0.5) is 0 Å². The average molecular weight is 393 g/mol. The summed E-state index contributed by atoms with van der Waals surface area (Å²) in [5, 5.41) is 2.88. The fraction of sp³-hybridized carbons (Fsp3) is 0.421. The molecule has 1 aromatic carbocycles. The quantitative estimate of drug-likeness (QED) is 0.795. The first kappa shape index (κ1) is 19.1. The lowest BCUT2D eigenvalue weighted by molar-refractivity contribution is 0.0954. The molecule has 2 aromatic rings. The highest BCUT2D eigenvalue weighted by Gasteiger charge is 2.21. The van der Waals surface area contributed by atoms with E-state index in [-0.39, 0.29) is 17.3 Å². The van der Waals surface area contributed by atoms with Crippen LogP contribution in [0.1, 0.15) is 44.9 Å². The van der Waals surface area contributed by atoms with Crippen LogP contribution in [-0.2, 0) is 29.4 Å². The number of nitrogens with zero attached hydrogens (tertiary/aromatic N) is 1. The maximum Gasteiger partial charge on any atom is 0.261 e. The van der Waals surface area contributed by atoms with Crippen LogP contribution in [0.2, 0.25) is 0 Å². The Morgan fingerprint density at radius 1 is 1.15 bits per heavy atom. The largest absolute Gasteiger partial charge is 0.347 e. The Morgan fingerprint density at radius 3 is 2.65 bits per heavy atom. The Hall–Kier alpha value is -1.70. The van der Waals surface area contributed by atoms with E-state index in [4.69, 9.17) is 0 Å². The Morgan fingerprint density at radius 2 is 1.88 bits per heavy atom. The van der Waals surface area contributed by atoms with Gasteiger partial charge in [0.15, 0.2) is 0 Å². The van der Waals surface area contributed by atoms with Crippen molar-refractivity contribution in [3.05, 3.63) is 51.2 Å². The Kier molecular flexibility index (Phi) is 5.79. The number of rotatable bonds is 5. The number of aryl methyl sites for hydroxylation is 2. The van der Waals surface area contributed by atoms with E-state index in [1.807, 2.05) is 6.07 Å². The first-order valence-corrected chi connectivity index (χ1v) is 11.1. The van der Waals surface area contributed by atoms with Crippen molar-refractivity contribution in [3.8, 4) is 0 Å². The molecule has 0 atom stereocenters. The van der Waals surface area contributed by atoms with Gasteiger partial charge in [-0.15, -0.1) is 11.3 Å². The summed E-state index contributed by atoms with van der Waals surface area (Å²) in [4.78, 5) is 14.8. The summed E-state index contributed by atoms with van der Waals surface area (Å²) in [6.07, 6.45) is 5.71. The third kappa shape index (κ3) is 4.00. The van der Waals surface area contributed by atoms with E-state index in [1.54, 1.807) is 35.6 Å². The number of hydrogen-bond donors (Lipinski definition) is 1. The molecule has 7 heteroatoms. The van der Waals surface area contributed by atoms with Gasteiger partial charge in [0.1, 0.15) is 0 Å². The summed E-state index contributed by atoms with van der Waals surface area (Å²) in [5.74, 6) is -0.139. The van der Waals surface area contributed by atoms with E-state index in [2.05, 4.69) is 5.32 Å². The Labute approximate surface area is 159 Å². The SMILES string of the molecule is CN(C)S(=O)(=O)c1ccccc1CNC(=O)c1cc2c(s1)CCCCC2. The van der Waals surface area contributed by atoms with Crippen LogP contribution in [0.15, 0.2) is 35.2 Å². The van der Waals surface area contributed by atoms with Crippen molar-refractivity contribution in [1.29, 1.82) is 0 Å². The molecule has 0 saturated heterocycles. The Balaban J connectivity index is 1.75. The predicted molar refractivity (Wildman–Crippen MR) is 104 cm³/mol. The zero-order valence-corrected chi connectivity index (χ0v) is 16.8. The summed E-state index contributed by atoms with van der Waals surface area (Å²) in [7, 11) is -0.535. The minimum absolute atomic E-state index is 0.139. The second-order valence-electron chi connectivity index (χ2n) is 6.70. The highest BCUT2D eigenvalue weighted by molar-refractivity contribution is 7.89. The summed E-state index contributed by atoms with van der Waals surface area (Å²) < 4.78 is 26.1. The number of nitrogens with one attached hydrogen (secondary N) is 1. The monoisotopic (exact) mass is 392 g/mol. The lowest BCUT2D eigenvalue weighted by Gasteiger charge is -2.15. The van der Waals surface area contributed by atoms with Crippen molar-refractivity contribution >= 4 is 27.3 Å². The van der Waals surface area contributed by atoms with E-state index in [9.17, 15) is 13.2 Å². The van der Waals surface area contributed by atoms with Gasteiger partial charge in [-0.25, -0.2) is 12.7 Å². The zero-order valence-electron chi connectivity index (χ0n) is 15.1. The van der Waals surface area contributed by atoms with Gasteiger partial charge < -0.3 is 5.32 Å². The lowest BCUT2D eigenvalue weighted by Crippen LogP contribution is -2.26. The van der Waals surface area contributed by atoms with E-state index < -0.39 is 10.0 Å². The fourth-order valence-electron chi connectivity index (χ4n) is 3.14. The van der Waals surface area contributed by atoms with Crippen LogP contribution in [0.25, 0.3) is 0 Å². The van der Waals surface area contributed by atoms with Gasteiger partial charge in [0.2, 0.25) is 10.0 Å². The number of fused-ring (bicyclic) bond motifs is 1. The molecule has 1 N–H and O–H groups in total. The molecule has 1 aromatic heterocycles. The third-order valence-corrected chi connectivity index (χ3v) is 7.79. The molecule has 1 heterocycles. The molecule has 140 valence electrons. The summed E-state index contributed by atoms with van der Waals surface area (Å²) in [5.41, 5.74) is 1.89. The van der Waals surface area contributed by atoms with E-state index in [0.717, 1.165) is 12.8 Å². The van der Waals surface area contributed by atoms with Crippen LogP contribution < -0.4 is 5.32 Å². The molecule has 0 fully saturated rings. The maximum absolute atomic E-state index is 12.6. The molecule has 1 aliphatic carbocycles. The van der Waals surface area contributed by atoms with Crippen LogP contribution in [0, 0.1) is 0 Å². The van der Waals surface area contributed by atoms with E-state index in [1.165, 1.54) is 48.1 Å². The molecule has 26 heavy (non-hydrogen) atoms. The molecule has 5 nitrogen and oxygen atoms in total. The number of benzene rings is 1. The highest BCUT2D eigenvalue weighted by Crippen LogP contribution is 2.29. The number of sulfonamides is 1. The van der Waals surface area contributed by atoms with Gasteiger partial charge in [0.05, 0.1) is 9.77 Å². The van der Waals surface area contributed by atoms with Gasteiger partial charge in [-0.1, -0.05) is 24.6 Å². The normalized spacial score (nSPS) is 14.7. The maximum atomic E-state index is 12.6. The first-order valence-electron chi connectivity index (χ1n) is 8.80. The van der Waals surface area contributed by atoms with Crippen molar-refractivity contribution in [2.75, 3.05) is 14.1 Å². The van der Waals surface area contributed by atoms with Gasteiger partial charge >= 0.3 is 0 Å². The molecule has 1 aliphatic rings. The second-order valence-corrected chi connectivity index (χ2v) is 9.95. The topological polar surface area (TPSA) is 66.5 Å². The van der Waals surface area contributed by atoms with Gasteiger partial charge in [0, 0.05) is 25.5 Å². The van der Waals surface area contributed by atoms with Crippen molar-refractivity contribution in [2.45, 2.75) is 43.5 Å². The number of carbonyl (C=O) groups excluding carboxylic acids is 1. The third-order valence-electron chi connectivity index (χ3n) is 4.64. The molecular formula is C19H24N2O3S2. The van der Waals surface area contributed by atoms with E-state index in [0.29, 0.717) is 10.4 Å². The van der Waals surface area contributed by atoms with Crippen molar-refractivity contribution < 1.29 is 13.2 Å². The fourth-order valence-corrected chi connectivity index (χ4v) is 5.43. The summed E-state index contributed by atoms with van der Waals surface area (Å²) >= 11 is 1.57. The molecule has 1 amide bonds. The van der Waals surface area contributed by atoms with Gasteiger partial charge in [-0.3, -0.25) is 4.79 Å². The zero-order chi connectivity index (χ0) is 18.7. The lowest BCUT2D eigenvalue weighted by atomic mass is 10.1. The van der Waals surface area contributed by atoms with E-state index >= 15 is 0 Å². The number of amides is 1. The van der Waals surface area contributed by atoms with Crippen molar-refractivity contribution in [1.82, 2.24) is 9.62 Å². The minimum Gasteiger partial charge on any atom is -0.347 e. The van der Waals surface area contributed by atoms with Gasteiger partial charge in [0.25, 0.3) is 5.91 Å². The van der Waals surface area contributed by atoms with Crippen molar-refractivity contribution in [2.24, 2.45) is 0 Å². The Bertz CT molecular complexity index is 878. The molecule has 0 saturated carbocycles. The van der Waals surface area contributed by atoms with Crippen LogP contribution >= 0.6 is 11.3 Å². The molecule has 0 unspecified atom stereocenters. The second kappa shape index (κ2) is 7.90. The van der Waals surface area contributed by atoms with Gasteiger partial charge in [-0.05, 0) is 48.9 Å². The molecule has 0 radical (unpaired) electrons. The molecular weight excluding hydrogens is 368 g/mol. The first-order chi connectivity index (χ1) is 12.4. The average Bonchev–Trinajstić information content (AvgIpc) is 2.90. The molecule has 0 bridgehead atoms. The number of carbonyl (C=O) groups is 1. The minimum atomic E-state index is -3.54. The van der Waals surface area contributed by atoms with Crippen LogP contribution in [0.5, 0.6) is 0 Å². The van der Waals surface area contributed by atoms with Gasteiger partial charge in [-0.2, -0.15) is 0 Å². The molecule has 0 spiro atoms. The smallest absolute Gasteiger partial charge is 0.261 e. The molecule has 0 aliphatic heterocycles.